The highest BCUT2D eigenvalue weighted by molar-refractivity contribution is 7.12. The molecule has 1 fully saturated rings. The van der Waals surface area contributed by atoms with Crippen LogP contribution >= 0.6 is 11.3 Å². The van der Waals surface area contributed by atoms with Crippen LogP contribution in [-0.4, -0.2) is 32.5 Å². The van der Waals surface area contributed by atoms with E-state index in [0.717, 1.165) is 39.2 Å². The topological polar surface area (TPSA) is 30.5 Å². The van der Waals surface area contributed by atoms with Crippen LogP contribution in [0.3, 0.4) is 0 Å². The van der Waals surface area contributed by atoms with Gasteiger partial charge in [0.2, 0.25) is 0 Å². The van der Waals surface area contributed by atoms with Crippen molar-refractivity contribution in [2.75, 3.05) is 26.4 Å². The molecule has 0 aliphatic carbocycles. The lowest BCUT2D eigenvalue weighted by Crippen LogP contribution is -2.22. The molecule has 2 rings (SSSR count). The molecule has 2 heterocycles. The van der Waals surface area contributed by atoms with Gasteiger partial charge in [-0.1, -0.05) is 0 Å². The van der Waals surface area contributed by atoms with Gasteiger partial charge in [0.15, 0.2) is 0 Å². The highest BCUT2D eigenvalue weighted by atomic mass is 32.1. The third kappa shape index (κ3) is 4.56. The Bertz CT molecular complexity index is 385. The minimum Gasteiger partial charge on any atom is -0.379 e. The molecule has 1 aliphatic heterocycles. The fourth-order valence-corrected chi connectivity index (χ4v) is 3.50. The molecular formula is C15H25NO2S. The van der Waals surface area contributed by atoms with Crippen molar-refractivity contribution < 1.29 is 9.47 Å². The average Bonchev–Trinajstić information content (AvgIpc) is 2.98. The molecule has 0 radical (unpaired) electrons. The van der Waals surface area contributed by atoms with Gasteiger partial charge in [-0.05, 0) is 51.8 Å². The minimum atomic E-state index is 0.333. The van der Waals surface area contributed by atoms with Gasteiger partial charge in [-0.25, -0.2) is 0 Å². The lowest BCUT2D eigenvalue weighted by molar-refractivity contribution is 0.0414. The number of hydrogen-bond donors (Lipinski definition) is 1. The Kier molecular flexibility index (Phi) is 5.82. The van der Waals surface area contributed by atoms with Gasteiger partial charge < -0.3 is 14.8 Å². The largest absolute Gasteiger partial charge is 0.379 e. The molecule has 1 N–H and O–H groups in total. The van der Waals surface area contributed by atoms with E-state index in [9.17, 15) is 0 Å². The van der Waals surface area contributed by atoms with Crippen LogP contribution in [-0.2, 0) is 9.47 Å². The van der Waals surface area contributed by atoms with Crippen LogP contribution in [0.4, 0.5) is 0 Å². The molecule has 2 atom stereocenters. The van der Waals surface area contributed by atoms with Crippen molar-refractivity contribution in [3.63, 3.8) is 0 Å². The van der Waals surface area contributed by atoms with Gasteiger partial charge in [-0.3, -0.25) is 0 Å². The minimum absolute atomic E-state index is 0.333. The predicted octanol–water partition coefficient (Wildman–Crippen LogP) is 3.21. The van der Waals surface area contributed by atoms with E-state index in [1.807, 2.05) is 11.3 Å². The molecule has 0 bridgehead atoms. The summed E-state index contributed by atoms with van der Waals surface area (Å²) in [6.45, 7) is 10.1. The monoisotopic (exact) mass is 283 g/mol. The molecule has 108 valence electrons. The molecule has 0 unspecified atom stereocenters. The van der Waals surface area contributed by atoms with E-state index in [-0.39, 0.29) is 0 Å². The maximum atomic E-state index is 5.76. The second-order valence-electron chi connectivity index (χ2n) is 5.25. The molecule has 0 spiro atoms. The third-order valence-corrected chi connectivity index (χ3v) is 4.54. The fourth-order valence-electron chi connectivity index (χ4n) is 2.48. The van der Waals surface area contributed by atoms with Crippen molar-refractivity contribution in [1.29, 1.82) is 0 Å². The molecule has 1 aromatic rings. The molecule has 19 heavy (non-hydrogen) atoms. The van der Waals surface area contributed by atoms with Gasteiger partial charge in [-0.15, -0.1) is 11.3 Å². The first-order chi connectivity index (χ1) is 9.16. The summed E-state index contributed by atoms with van der Waals surface area (Å²) in [5.41, 5.74) is 1.44. The first-order valence-electron chi connectivity index (χ1n) is 7.16. The smallest absolute Gasteiger partial charge is 0.0830 e. The van der Waals surface area contributed by atoms with Crippen molar-refractivity contribution in [3.8, 4) is 0 Å². The Hall–Kier alpha value is -0.420. The molecule has 0 aromatic carbocycles. The summed E-state index contributed by atoms with van der Waals surface area (Å²) in [5, 5.41) is 3.57. The van der Waals surface area contributed by atoms with E-state index in [0.29, 0.717) is 12.1 Å². The fraction of sp³-hybridized carbons (Fsp3) is 0.733. The Morgan fingerprint density at radius 2 is 2.37 bits per heavy atom. The molecule has 1 aromatic heterocycles. The zero-order valence-corrected chi connectivity index (χ0v) is 13.0. The van der Waals surface area contributed by atoms with Crippen molar-refractivity contribution in [3.05, 3.63) is 21.4 Å². The summed E-state index contributed by atoms with van der Waals surface area (Å²) < 4.78 is 11.0. The molecule has 0 saturated carbocycles. The highest BCUT2D eigenvalue weighted by Crippen LogP contribution is 2.25. The summed E-state index contributed by atoms with van der Waals surface area (Å²) >= 11 is 1.88. The van der Waals surface area contributed by atoms with Crippen LogP contribution in [0, 0.1) is 13.8 Å². The number of nitrogens with one attached hydrogen (secondary N) is 1. The summed E-state index contributed by atoms with van der Waals surface area (Å²) in [6, 6.07) is 2.73. The SMILES string of the molecule is Cc1cc([C@H](C)NCCCO[C@H]2CCOC2)c(C)s1. The van der Waals surface area contributed by atoms with Crippen LogP contribution in [0.15, 0.2) is 6.07 Å². The van der Waals surface area contributed by atoms with Crippen LogP contribution < -0.4 is 5.32 Å². The van der Waals surface area contributed by atoms with Crippen LogP contribution in [0.1, 0.15) is 41.1 Å². The highest BCUT2D eigenvalue weighted by Gasteiger charge is 2.15. The molecular weight excluding hydrogens is 258 g/mol. The molecule has 1 aliphatic rings. The Balaban J connectivity index is 1.61. The van der Waals surface area contributed by atoms with E-state index in [2.05, 4.69) is 32.2 Å². The second-order valence-corrected chi connectivity index (χ2v) is 6.71. The van der Waals surface area contributed by atoms with Crippen molar-refractivity contribution in [1.82, 2.24) is 5.32 Å². The van der Waals surface area contributed by atoms with Gasteiger partial charge in [0, 0.05) is 29.0 Å². The predicted molar refractivity (Wildman–Crippen MR) is 80.0 cm³/mol. The first-order valence-corrected chi connectivity index (χ1v) is 7.98. The van der Waals surface area contributed by atoms with E-state index >= 15 is 0 Å². The molecule has 1 saturated heterocycles. The van der Waals surface area contributed by atoms with Gasteiger partial charge in [0.1, 0.15) is 0 Å². The van der Waals surface area contributed by atoms with Crippen LogP contribution in [0.25, 0.3) is 0 Å². The van der Waals surface area contributed by atoms with Crippen molar-refractivity contribution >= 4 is 11.3 Å². The quantitative estimate of drug-likeness (QED) is 0.779. The molecule has 0 amide bonds. The van der Waals surface area contributed by atoms with E-state index in [1.54, 1.807) is 0 Å². The van der Waals surface area contributed by atoms with Crippen LogP contribution in [0.5, 0.6) is 0 Å². The summed E-state index contributed by atoms with van der Waals surface area (Å²) in [6.07, 6.45) is 2.44. The Morgan fingerprint density at radius 1 is 1.53 bits per heavy atom. The van der Waals surface area contributed by atoms with Gasteiger partial charge >= 0.3 is 0 Å². The lowest BCUT2D eigenvalue weighted by Gasteiger charge is -2.14. The second kappa shape index (κ2) is 7.39. The van der Waals surface area contributed by atoms with E-state index in [1.165, 1.54) is 15.3 Å². The van der Waals surface area contributed by atoms with E-state index < -0.39 is 0 Å². The normalized spacial score (nSPS) is 20.9. The first kappa shape index (κ1) is 15.0. The average molecular weight is 283 g/mol. The summed E-state index contributed by atoms with van der Waals surface area (Å²) in [4.78, 5) is 2.82. The summed E-state index contributed by atoms with van der Waals surface area (Å²) in [5.74, 6) is 0. The zero-order chi connectivity index (χ0) is 13.7. The number of thiophene rings is 1. The van der Waals surface area contributed by atoms with Crippen molar-refractivity contribution in [2.24, 2.45) is 0 Å². The number of rotatable bonds is 7. The zero-order valence-electron chi connectivity index (χ0n) is 12.2. The maximum absolute atomic E-state index is 5.76. The standard InChI is InChI=1S/C15H25NO2S/c1-11-9-15(13(3)19-11)12(2)16-6-4-7-18-14-5-8-17-10-14/h9,12,14,16H,4-8,10H2,1-3H3/t12-,14-/m0/s1. The van der Waals surface area contributed by atoms with E-state index in [4.69, 9.17) is 9.47 Å². The number of ether oxygens (including phenoxy) is 2. The third-order valence-electron chi connectivity index (χ3n) is 3.56. The van der Waals surface area contributed by atoms with Crippen LogP contribution in [0.2, 0.25) is 0 Å². The van der Waals surface area contributed by atoms with Gasteiger partial charge in [-0.2, -0.15) is 0 Å². The van der Waals surface area contributed by atoms with Gasteiger partial charge in [0.25, 0.3) is 0 Å². The Labute approximate surface area is 120 Å². The maximum Gasteiger partial charge on any atom is 0.0830 e. The number of hydrogen-bond acceptors (Lipinski definition) is 4. The number of aryl methyl sites for hydroxylation is 2. The van der Waals surface area contributed by atoms with Gasteiger partial charge in [0.05, 0.1) is 12.7 Å². The van der Waals surface area contributed by atoms with Crippen molar-refractivity contribution in [2.45, 2.75) is 45.8 Å². The summed E-state index contributed by atoms with van der Waals surface area (Å²) in [7, 11) is 0. The molecule has 4 heteroatoms. The Morgan fingerprint density at radius 3 is 3.00 bits per heavy atom. The molecule has 3 nitrogen and oxygen atoms in total. The lowest BCUT2D eigenvalue weighted by atomic mass is 10.1.